The predicted molar refractivity (Wildman–Crippen MR) is 125 cm³/mol. The van der Waals surface area contributed by atoms with Crippen LogP contribution in [0.3, 0.4) is 0 Å². The average Bonchev–Trinajstić information content (AvgIpc) is 3.25. The maximum Gasteiger partial charge on any atom is 0.269 e. The van der Waals surface area contributed by atoms with Gasteiger partial charge in [-0.2, -0.15) is 4.31 Å². The highest BCUT2D eigenvalue weighted by atomic mass is 32.2. The zero-order chi connectivity index (χ0) is 23.8. The van der Waals surface area contributed by atoms with Crippen LogP contribution in [0.5, 0.6) is 0 Å². The number of sulfonamides is 1. The van der Waals surface area contributed by atoms with E-state index in [-0.39, 0.29) is 16.5 Å². The number of rotatable bonds is 6. The summed E-state index contributed by atoms with van der Waals surface area (Å²) in [5.74, 6) is 0.559. The van der Waals surface area contributed by atoms with Crippen molar-refractivity contribution in [1.82, 2.24) is 9.46 Å². The molecule has 2 aromatic carbocycles. The Balaban J connectivity index is 1.57. The van der Waals surface area contributed by atoms with Crippen molar-refractivity contribution in [3.8, 4) is 11.3 Å². The van der Waals surface area contributed by atoms with Gasteiger partial charge in [-0.25, -0.2) is 8.42 Å². The van der Waals surface area contributed by atoms with E-state index in [1.807, 2.05) is 37.8 Å². The number of hydrogen-bond acceptors (Lipinski definition) is 7. The number of hydrogen-bond donors (Lipinski definition) is 0. The number of aromatic nitrogens is 1. The first-order chi connectivity index (χ1) is 15.7. The Labute approximate surface area is 192 Å². The van der Waals surface area contributed by atoms with Crippen molar-refractivity contribution < 1.29 is 17.9 Å². The molecule has 0 atom stereocenters. The van der Waals surface area contributed by atoms with Crippen molar-refractivity contribution in [2.24, 2.45) is 0 Å². The summed E-state index contributed by atoms with van der Waals surface area (Å²) in [5.41, 5.74) is 3.02. The Morgan fingerprint density at radius 2 is 1.70 bits per heavy atom. The maximum absolute atomic E-state index is 13.7. The standard InChI is InChI=1S/C23H26N4O5S/c1-16(2)21-9-4-18(22-14-17(3)24-32-22)15-23(21)33(30,31)26-12-10-25(11-13-26)19-5-7-20(8-6-19)27(28)29/h4-9,14-16H,10-13H2,1-3H3. The minimum Gasteiger partial charge on any atom is -0.369 e. The lowest BCUT2D eigenvalue weighted by molar-refractivity contribution is -0.384. The molecule has 0 unspecified atom stereocenters. The molecule has 0 N–H and O–H groups in total. The van der Waals surface area contributed by atoms with Gasteiger partial charge in [0.15, 0.2) is 5.76 Å². The molecule has 1 aliphatic rings. The molecule has 0 saturated carbocycles. The first kappa shape index (κ1) is 22.9. The lowest BCUT2D eigenvalue weighted by atomic mass is 10.0. The molecule has 174 valence electrons. The van der Waals surface area contributed by atoms with E-state index in [9.17, 15) is 18.5 Å². The van der Waals surface area contributed by atoms with Gasteiger partial charge in [0.1, 0.15) is 0 Å². The molecule has 1 saturated heterocycles. The summed E-state index contributed by atoms with van der Waals surface area (Å²) in [6.45, 7) is 7.39. The summed E-state index contributed by atoms with van der Waals surface area (Å²) in [4.78, 5) is 12.8. The van der Waals surface area contributed by atoms with Gasteiger partial charge in [0.25, 0.3) is 5.69 Å². The molecule has 0 bridgehead atoms. The molecule has 0 amide bonds. The van der Waals surface area contributed by atoms with Crippen LogP contribution in [0.4, 0.5) is 11.4 Å². The van der Waals surface area contributed by atoms with Crippen LogP contribution in [0.1, 0.15) is 31.0 Å². The molecule has 1 aromatic heterocycles. The molecule has 10 heteroatoms. The normalized spacial score (nSPS) is 15.2. The Hall–Kier alpha value is -3.24. The van der Waals surface area contributed by atoms with Gasteiger partial charge in [0, 0.05) is 55.6 Å². The van der Waals surface area contributed by atoms with Crippen molar-refractivity contribution in [2.45, 2.75) is 31.6 Å². The molecule has 33 heavy (non-hydrogen) atoms. The Morgan fingerprint density at radius 3 is 2.24 bits per heavy atom. The summed E-state index contributed by atoms with van der Waals surface area (Å²) in [7, 11) is -3.73. The topological polar surface area (TPSA) is 110 Å². The van der Waals surface area contributed by atoms with Gasteiger partial charge < -0.3 is 9.42 Å². The monoisotopic (exact) mass is 470 g/mol. The van der Waals surface area contributed by atoms with Crippen LogP contribution in [-0.2, 0) is 10.0 Å². The second kappa shape index (κ2) is 8.95. The van der Waals surface area contributed by atoms with Crippen molar-refractivity contribution in [3.05, 3.63) is 69.9 Å². The Kier molecular flexibility index (Phi) is 6.22. The van der Waals surface area contributed by atoms with E-state index in [1.54, 1.807) is 24.3 Å². The summed E-state index contributed by atoms with van der Waals surface area (Å²) in [6, 6.07) is 13.5. The van der Waals surface area contributed by atoms with Crippen molar-refractivity contribution in [3.63, 3.8) is 0 Å². The number of aryl methyl sites for hydroxylation is 1. The summed E-state index contributed by atoms with van der Waals surface area (Å²) >= 11 is 0. The lowest BCUT2D eigenvalue weighted by Crippen LogP contribution is -2.48. The molecule has 0 spiro atoms. The molecule has 2 heterocycles. The fourth-order valence-electron chi connectivity index (χ4n) is 4.00. The minimum atomic E-state index is -3.73. The molecule has 0 aliphatic carbocycles. The van der Waals surface area contributed by atoms with Crippen molar-refractivity contribution >= 4 is 21.4 Å². The number of benzene rings is 2. The van der Waals surface area contributed by atoms with E-state index >= 15 is 0 Å². The molecule has 1 fully saturated rings. The van der Waals surface area contributed by atoms with Gasteiger partial charge in [-0.05, 0) is 36.6 Å². The van der Waals surface area contributed by atoms with E-state index in [1.165, 1.54) is 16.4 Å². The number of piperazine rings is 1. The van der Waals surface area contributed by atoms with Crippen LogP contribution in [0.2, 0.25) is 0 Å². The van der Waals surface area contributed by atoms with Crippen LogP contribution < -0.4 is 4.90 Å². The van der Waals surface area contributed by atoms with Gasteiger partial charge >= 0.3 is 0 Å². The van der Waals surface area contributed by atoms with Crippen LogP contribution >= 0.6 is 0 Å². The third-order valence-corrected chi connectivity index (χ3v) is 7.78. The van der Waals surface area contributed by atoms with Gasteiger partial charge in [-0.3, -0.25) is 10.1 Å². The first-order valence-electron chi connectivity index (χ1n) is 10.7. The van der Waals surface area contributed by atoms with E-state index < -0.39 is 14.9 Å². The molecular weight excluding hydrogens is 444 g/mol. The zero-order valence-corrected chi connectivity index (χ0v) is 19.6. The number of anilines is 1. The van der Waals surface area contributed by atoms with Crippen LogP contribution in [0.25, 0.3) is 11.3 Å². The largest absolute Gasteiger partial charge is 0.369 e. The van der Waals surface area contributed by atoms with E-state index in [0.29, 0.717) is 37.5 Å². The maximum atomic E-state index is 13.7. The first-order valence-corrected chi connectivity index (χ1v) is 12.2. The second-order valence-corrected chi connectivity index (χ2v) is 10.3. The number of nitro benzene ring substituents is 1. The van der Waals surface area contributed by atoms with Crippen molar-refractivity contribution in [1.29, 1.82) is 0 Å². The third-order valence-electron chi connectivity index (χ3n) is 5.83. The van der Waals surface area contributed by atoms with E-state index in [0.717, 1.165) is 16.9 Å². The fourth-order valence-corrected chi connectivity index (χ4v) is 5.80. The SMILES string of the molecule is Cc1cc(-c2ccc(C(C)C)c(S(=O)(=O)N3CCN(c4ccc([N+](=O)[O-])cc4)CC3)c2)on1. The smallest absolute Gasteiger partial charge is 0.269 e. The van der Waals surface area contributed by atoms with Crippen LogP contribution in [-0.4, -0.2) is 49.0 Å². The molecule has 3 aromatic rings. The predicted octanol–water partition coefficient (Wildman–Crippen LogP) is 4.19. The quantitative estimate of drug-likeness (QED) is 0.392. The van der Waals surface area contributed by atoms with Gasteiger partial charge in [0.2, 0.25) is 10.0 Å². The van der Waals surface area contributed by atoms with Crippen LogP contribution in [0, 0.1) is 17.0 Å². The lowest BCUT2D eigenvalue weighted by Gasteiger charge is -2.35. The van der Waals surface area contributed by atoms with Gasteiger partial charge in [-0.1, -0.05) is 31.1 Å². The second-order valence-electron chi connectivity index (χ2n) is 8.40. The third kappa shape index (κ3) is 4.62. The Bertz CT molecular complexity index is 1260. The van der Waals surface area contributed by atoms with Crippen LogP contribution in [0.15, 0.2) is 57.9 Å². The zero-order valence-electron chi connectivity index (χ0n) is 18.8. The summed E-state index contributed by atoms with van der Waals surface area (Å²) in [5, 5.41) is 14.8. The molecule has 0 radical (unpaired) electrons. The van der Waals surface area contributed by atoms with E-state index in [2.05, 4.69) is 5.16 Å². The number of nitrogens with zero attached hydrogens (tertiary/aromatic N) is 4. The summed E-state index contributed by atoms with van der Waals surface area (Å²) < 4.78 is 34.1. The van der Waals surface area contributed by atoms with Crippen molar-refractivity contribution in [2.75, 3.05) is 31.1 Å². The number of nitro groups is 1. The van der Waals surface area contributed by atoms with E-state index in [4.69, 9.17) is 4.52 Å². The Morgan fingerprint density at radius 1 is 1.03 bits per heavy atom. The summed E-state index contributed by atoms with van der Waals surface area (Å²) in [6.07, 6.45) is 0. The van der Waals surface area contributed by atoms with Gasteiger partial charge in [-0.15, -0.1) is 0 Å². The fraction of sp³-hybridized carbons (Fsp3) is 0.348. The average molecular weight is 471 g/mol. The molecule has 4 rings (SSSR count). The highest BCUT2D eigenvalue weighted by Crippen LogP contribution is 2.32. The molecular formula is C23H26N4O5S. The molecule has 1 aliphatic heterocycles. The minimum absolute atomic E-state index is 0.0293. The number of non-ortho nitro benzene ring substituents is 1. The molecule has 9 nitrogen and oxygen atoms in total. The highest BCUT2D eigenvalue weighted by molar-refractivity contribution is 7.89. The van der Waals surface area contributed by atoms with Gasteiger partial charge in [0.05, 0.1) is 15.5 Å². The highest BCUT2D eigenvalue weighted by Gasteiger charge is 2.31.